The van der Waals surface area contributed by atoms with Crippen LogP contribution < -0.4 is 11.2 Å². The van der Waals surface area contributed by atoms with E-state index in [2.05, 4.69) is 28.8 Å². The highest BCUT2D eigenvalue weighted by Gasteiger charge is 2.37. The Morgan fingerprint density at radius 1 is 0.639 bits per heavy atom. The molecule has 4 unspecified atom stereocenters. The van der Waals surface area contributed by atoms with Crippen molar-refractivity contribution in [2.75, 3.05) is 0 Å². The highest BCUT2D eigenvalue weighted by molar-refractivity contribution is 7.79. The lowest BCUT2D eigenvalue weighted by molar-refractivity contribution is -0.147. The second-order valence-corrected chi connectivity index (χ2v) is 21.5. The number of nitrogens with one attached hydrogen (secondary N) is 2. The Balaban J connectivity index is 0.000000382. The Morgan fingerprint density at radius 2 is 1.00 bits per heavy atom. The van der Waals surface area contributed by atoms with E-state index in [-0.39, 0.29) is 69.1 Å². The van der Waals surface area contributed by atoms with Gasteiger partial charge in [0.25, 0.3) is 0 Å². The van der Waals surface area contributed by atoms with Crippen LogP contribution in [0.1, 0.15) is 178 Å². The van der Waals surface area contributed by atoms with Crippen molar-refractivity contribution in [3.63, 3.8) is 0 Å². The number of hydroxylamine groups is 1. The van der Waals surface area contributed by atoms with E-state index in [1.54, 1.807) is 27.7 Å². The van der Waals surface area contributed by atoms with E-state index in [1.165, 1.54) is 57.8 Å². The molecule has 61 heavy (non-hydrogen) atoms. The van der Waals surface area contributed by atoms with Gasteiger partial charge in [-0.25, -0.2) is 14.5 Å². The lowest BCUT2D eigenvalue weighted by atomic mass is 9.71. The molecule has 4 aliphatic rings. The first-order chi connectivity index (χ1) is 27.9. The number of aromatic amines is 1. The van der Waals surface area contributed by atoms with Gasteiger partial charge in [-0.15, -0.1) is 4.40 Å². The van der Waals surface area contributed by atoms with Crippen molar-refractivity contribution in [2.24, 2.45) is 68.0 Å². The summed E-state index contributed by atoms with van der Waals surface area (Å²) < 4.78 is 22.4. The second-order valence-electron chi connectivity index (χ2n) is 20.7. The molecule has 1 aromatic heterocycles. The molecule has 2 heterocycles. The van der Waals surface area contributed by atoms with Crippen LogP contribution in [0.15, 0.2) is 13.7 Å². The van der Waals surface area contributed by atoms with Gasteiger partial charge in [0, 0.05) is 11.8 Å². The number of hydrogen-bond acceptors (Lipinski definition) is 11. The molecule has 0 amide bonds. The molecule has 16 nitrogen and oxygen atoms in total. The highest BCUT2D eigenvalue weighted by atomic mass is 32.2. The van der Waals surface area contributed by atoms with Gasteiger partial charge in [0.15, 0.2) is 0 Å². The Kier molecular flexibility index (Phi) is 22.5. The van der Waals surface area contributed by atoms with Gasteiger partial charge in [-0.2, -0.15) is 4.28 Å². The lowest BCUT2D eigenvalue weighted by Crippen LogP contribution is -2.31. The summed E-state index contributed by atoms with van der Waals surface area (Å²) >= 11 is -1.73. The smallest absolute Gasteiger partial charge is 0.439 e. The van der Waals surface area contributed by atoms with Crippen molar-refractivity contribution < 1.29 is 52.3 Å². The van der Waals surface area contributed by atoms with E-state index in [0.717, 1.165) is 19.3 Å². The van der Waals surface area contributed by atoms with Crippen LogP contribution in [0.2, 0.25) is 0 Å². The molecule has 0 bridgehead atoms. The normalized spacial score (nSPS) is 19.4. The maximum absolute atomic E-state index is 11.1. The van der Waals surface area contributed by atoms with E-state index >= 15 is 0 Å². The first-order valence-electron chi connectivity index (χ1n) is 21.7. The van der Waals surface area contributed by atoms with Crippen LogP contribution in [-0.2, 0) is 34.7 Å². The molecule has 0 spiro atoms. The molecular formula is C44H76N4O12S. The molecule has 0 saturated heterocycles. The number of carboxylic acid groups (broad SMARTS) is 3. The number of amidine groups is 1. The Hall–Kier alpha value is -3.73. The topological polar surface area (TPSA) is 256 Å². The van der Waals surface area contributed by atoms with Crippen LogP contribution in [0.3, 0.4) is 0 Å². The Bertz CT molecular complexity index is 1680. The fraction of sp³-hybridized carbons (Fsp3) is 0.818. The minimum absolute atomic E-state index is 0.00926. The third kappa shape index (κ3) is 21.3. The summed E-state index contributed by atoms with van der Waals surface area (Å²) in [4.78, 5) is 67.8. The number of Topliss-reactive ketones (excluding diaryl/α,β-unsaturated/α-hetero) is 2. The number of aromatic nitrogens is 2. The van der Waals surface area contributed by atoms with E-state index in [1.807, 2.05) is 62.3 Å². The zero-order valence-electron chi connectivity index (χ0n) is 38.9. The monoisotopic (exact) mass is 885 g/mol. The number of nitrogens with zero attached hydrogens (tertiary/aromatic N) is 2. The van der Waals surface area contributed by atoms with Gasteiger partial charge in [0.05, 0.1) is 17.8 Å². The van der Waals surface area contributed by atoms with Crippen molar-refractivity contribution in [1.82, 2.24) is 15.6 Å². The minimum Gasteiger partial charge on any atom is -0.481 e. The summed E-state index contributed by atoms with van der Waals surface area (Å²) in [6.45, 7) is 25.1. The van der Waals surface area contributed by atoms with Crippen LogP contribution in [0, 0.1) is 63.6 Å². The molecule has 5 N–H and O–H groups in total. The summed E-state index contributed by atoms with van der Waals surface area (Å²) in [5, 5.41) is 30.5. The van der Waals surface area contributed by atoms with E-state index in [4.69, 9.17) is 15.3 Å². The fourth-order valence-corrected chi connectivity index (χ4v) is 7.43. The summed E-state index contributed by atoms with van der Waals surface area (Å²) in [5.74, 6) is -1.78. The molecule has 0 aromatic carbocycles. The summed E-state index contributed by atoms with van der Waals surface area (Å²) in [6, 6.07) is 0. The van der Waals surface area contributed by atoms with Crippen molar-refractivity contribution in [1.29, 1.82) is 0 Å². The molecule has 0 radical (unpaired) electrons. The molecule has 1 aromatic rings. The summed E-state index contributed by atoms with van der Waals surface area (Å²) in [6.07, 6.45) is 13.9. The zero-order valence-corrected chi connectivity index (χ0v) is 39.7. The van der Waals surface area contributed by atoms with Crippen molar-refractivity contribution in [3.05, 3.63) is 16.4 Å². The standard InChI is InChI=1S/C12H22O2.C11H20O2.C10H18O2.C6H8N2O3.C5H8N2O3S/c1-12(2,3)10(11(13)14)8-9-6-4-5-7-9;1-11(2,3)9(10(12)13)7-8-5-4-6-8;1-10(2,3)8(9(11)12)6-7-4-5-7;1-3(2)4(9)5-7-6(10)11-8-5;1-3(2)4(8)5-6-10-11(9)7-5/h9-10H,4-8H2,1-3H3,(H,13,14);8-9H,4-7H2,1-3H3,(H,12,13);7-8H,4-6H2,1-3H3,(H,11,12);3H,1-2H3,(H,7,8,10);3H,1-2H3,(H,6,7). The summed E-state index contributed by atoms with van der Waals surface area (Å²) in [7, 11) is 0. The predicted octanol–water partition coefficient (Wildman–Crippen LogP) is 8.70. The maximum atomic E-state index is 11.1. The second kappa shape index (κ2) is 24.8. The van der Waals surface area contributed by atoms with Gasteiger partial charge >= 0.3 is 34.9 Å². The largest absolute Gasteiger partial charge is 0.481 e. The van der Waals surface area contributed by atoms with Crippen LogP contribution in [0.5, 0.6) is 0 Å². The Morgan fingerprint density at radius 3 is 1.23 bits per heavy atom. The van der Waals surface area contributed by atoms with Crippen LogP contribution >= 0.6 is 0 Å². The third-order valence-corrected chi connectivity index (χ3v) is 12.0. The van der Waals surface area contributed by atoms with Gasteiger partial charge in [-0.3, -0.25) is 33.5 Å². The number of carboxylic acids is 3. The Labute approximate surface area is 365 Å². The quantitative estimate of drug-likeness (QED) is 0.116. The molecule has 5 rings (SSSR count). The first kappa shape index (κ1) is 55.3. The molecular weight excluding hydrogens is 809 g/mol. The molecule has 17 heteroatoms. The van der Waals surface area contributed by atoms with Gasteiger partial charge < -0.3 is 15.3 Å². The molecule has 4 atom stereocenters. The average Bonchev–Trinajstić information content (AvgIpc) is 3.39. The number of carbonyl (C=O) groups is 5. The van der Waals surface area contributed by atoms with Gasteiger partial charge in [-0.05, 0) is 53.3 Å². The maximum Gasteiger partial charge on any atom is 0.439 e. The van der Waals surface area contributed by atoms with Crippen molar-refractivity contribution >= 4 is 46.6 Å². The van der Waals surface area contributed by atoms with E-state index < -0.39 is 34.9 Å². The fourth-order valence-electron chi connectivity index (χ4n) is 6.97. The van der Waals surface area contributed by atoms with E-state index in [9.17, 15) is 33.0 Å². The molecule has 350 valence electrons. The third-order valence-electron chi connectivity index (χ3n) is 11.5. The van der Waals surface area contributed by atoms with E-state index in [0.29, 0.717) is 17.8 Å². The number of carbonyl (C=O) groups excluding carboxylic acids is 2. The number of aliphatic carboxylic acids is 3. The number of hydrogen-bond donors (Lipinski definition) is 5. The van der Waals surface area contributed by atoms with Crippen LogP contribution in [-0.4, -0.2) is 65.0 Å². The molecule has 3 aliphatic carbocycles. The number of ketones is 2. The molecule has 1 aliphatic heterocycles. The van der Waals surface area contributed by atoms with Crippen LogP contribution in [0.25, 0.3) is 0 Å². The van der Waals surface area contributed by atoms with Gasteiger partial charge in [-0.1, -0.05) is 153 Å². The number of H-pyrrole nitrogens is 1. The SMILES string of the molecule is CC(C)(C)C(CC1CC1)C(=O)O.CC(C)(C)C(CC1CCC1)C(=O)O.CC(C)(C)C(CC1CCCC1)C(=O)O.CC(C)C(=O)C1=NS(=O)ON1.CC(C)C(=O)c1noc(=O)[nH]1. The molecule has 3 saturated carbocycles. The summed E-state index contributed by atoms with van der Waals surface area (Å²) in [5.41, 5.74) is 1.90. The van der Waals surface area contributed by atoms with Gasteiger partial charge in [0.1, 0.15) is 0 Å². The highest BCUT2D eigenvalue weighted by Crippen LogP contribution is 2.41. The predicted molar refractivity (Wildman–Crippen MR) is 234 cm³/mol. The molecule has 3 fully saturated rings. The van der Waals surface area contributed by atoms with Crippen LogP contribution in [0.4, 0.5) is 0 Å². The lowest BCUT2D eigenvalue weighted by Gasteiger charge is -2.34. The van der Waals surface area contributed by atoms with Crippen molar-refractivity contribution in [2.45, 2.75) is 167 Å². The van der Waals surface area contributed by atoms with Crippen molar-refractivity contribution in [3.8, 4) is 0 Å². The average molecular weight is 885 g/mol. The number of rotatable bonds is 13. The zero-order chi connectivity index (χ0) is 47.0. The minimum atomic E-state index is -1.73. The van der Waals surface area contributed by atoms with Gasteiger partial charge in [0.2, 0.25) is 23.2 Å². The first-order valence-corrected chi connectivity index (χ1v) is 22.7.